The van der Waals surface area contributed by atoms with E-state index >= 15 is 0 Å². The fraction of sp³-hybridized carbons (Fsp3) is 0.450. The van der Waals surface area contributed by atoms with Crippen LogP contribution in [0.15, 0.2) is 29.1 Å². The lowest BCUT2D eigenvalue weighted by atomic mass is 9.86. The number of benzene rings is 1. The molecular weight excluding hydrogens is 348 g/mol. The van der Waals surface area contributed by atoms with Gasteiger partial charge in [-0.15, -0.1) is 0 Å². The number of esters is 1. The number of carbonyl (C=O) groups is 1. The number of thiazole rings is 1. The average Bonchev–Trinajstić information content (AvgIpc) is 2.99. The van der Waals surface area contributed by atoms with Crippen LogP contribution in [-0.4, -0.2) is 22.0 Å². The molecule has 2 heterocycles. The molecule has 0 N–H and O–H groups in total. The molecule has 6 heteroatoms. The summed E-state index contributed by atoms with van der Waals surface area (Å²) in [4.78, 5) is 28.8. The summed E-state index contributed by atoms with van der Waals surface area (Å²) in [5.41, 5.74) is 2.91. The van der Waals surface area contributed by atoms with Crippen LogP contribution in [0.5, 0.6) is 0 Å². The van der Waals surface area contributed by atoms with E-state index in [1.54, 1.807) is 6.07 Å². The molecule has 1 saturated carbocycles. The highest BCUT2D eigenvalue weighted by Gasteiger charge is 2.21. The van der Waals surface area contributed by atoms with Crippen molar-refractivity contribution in [2.45, 2.75) is 51.4 Å². The summed E-state index contributed by atoms with van der Waals surface area (Å²) < 4.78 is 8.22. The maximum absolute atomic E-state index is 12.1. The summed E-state index contributed by atoms with van der Waals surface area (Å²) in [6.45, 7) is 2.20. The minimum absolute atomic E-state index is 0.163. The smallest absolute Gasteiger partial charge is 0.310 e. The van der Waals surface area contributed by atoms with Crippen LogP contribution in [0.25, 0.3) is 15.2 Å². The molecule has 26 heavy (non-hydrogen) atoms. The van der Waals surface area contributed by atoms with Gasteiger partial charge in [-0.25, -0.2) is 0 Å². The first-order valence-electron chi connectivity index (χ1n) is 9.26. The molecule has 5 nitrogen and oxygen atoms in total. The summed E-state index contributed by atoms with van der Waals surface area (Å²) in [7, 11) is 0. The second-order valence-electron chi connectivity index (χ2n) is 6.86. The molecule has 0 bridgehead atoms. The molecule has 0 spiro atoms. The molecule has 3 aromatic rings. The monoisotopic (exact) mass is 370 g/mol. The number of ether oxygens (including phenoxy) is 1. The van der Waals surface area contributed by atoms with Crippen molar-refractivity contribution in [2.24, 2.45) is 0 Å². The number of carbonyl (C=O) groups excluding carboxylic acids is 1. The third-order valence-electron chi connectivity index (χ3n) is 5.07. The van der Waals surface area contributed by atoms with Gasteiger partial charge in [0.15, 0.2) is 4.96 Å². The standard InChI is InChI=1S/C20H22N2O3S/c1-2-25-19(24)11-13-8-9-15-17(10-13)26-20-21-18(23)12-16(22(15)20)14-6-4-3-5-7-14/h8-10,12,14H,2-7,11H2,1H3. The van der Waals surface area contributed by atoms with Crippen molar-refractivity contribution in [3.8, 4) is 0 Å². The molecule has 1 aliphatic carbocycles. The van der Waals surface area contributed by atoms with E-state index in [9.17, 15) is 9.59 Å². The van der Waals surface area contributed by atoms with E-state index in [1.807, 2.05) is 25.1 Å². The van der Waals surface area contributed by atoms with Gasteiger partial charge in [0, 0.05) is 11.8 Å². The Balaban J connectivity index is 1.81. The predicted octanol–water partition coefficient (Wildman–Crippen LogP) is 4.06. The van der Waals surface area contributed by atoms with Crippen molar-refractivity contribution in [3.63, 3.8) is 0 Å². The van der Waals surface area contributed by atoms with Gasteiger partial charge in [-0.2, -0.15) is 4.98 Å². The molecular formula is C20H22N2O3S. The SMILES string of the molecule is CCOC(=O)Cc1ccc2c(c1)sc1nc(=O)cc(C3CCCCC3)n12. The van der Waals surface area contributed by atoms with Gasteiger partial charge >= 0.3 is 5.97 Å². The molecule has 1 fully saturated rings. The van der Waals surface area contributed by atoms with Crippen LogP contribution in [0.1, 0.15) is 56.2 Å². The van der Waals surface area contributed by atoms with Crippen molar-refractivity contribution in [2.75, 3.05) is 6.61 Å². The normalized spacial score (nSPS) is 15.6. The van der Waals surface area contributed by atoms with Crippen molar-refractivity contribution < 1.29 is 9.53 Å². The van der Waals surface area contributed by atoms with Gasteiger partial charge < -0.3 is 4.74 Å². The average molecular weight is 370 g/mol. The van der Waals surface area contributed by atoms with Gasteiger partial charge in [0.05, 0.1) is 23.2 Å². The predicted molar refractivity (Wildman–Crippen MR) is 103 cm³/mol. The fourth-order valence-electron chi connectivity index (χ4n) is 3.90. The van der Waals surface area contributed by atoms with E-state index in [1.165, 1.54) is 30.6 Å². The van der Waals surface area contributed by atoms with Gasteiger partial charge in [-0.1, -0.05) is 36.7 Å². The first kappa shape index (κ1) is 17.2. The zero-order valence-corrected chi connectivity index (χ0v) is 15.7. The van der Waals surface area contributed by atoms with Crippen LogP contribution in [-0.2, 0) is 16.0 Å². The summed E-state index contributed by atoms with van der Waals surface area (Å²) in [5, 5.41) is 0. The lowest BCUT2D eigenvalue weighted by Gasteiger charge is -2.22. The molecule has 0 atom stereocenters. The first-order valence-corrected chi connectivity index (χ1v) is 10.1. The number of hydrogen-bond acceptors (Lipinski definition) is 5. The Hall–Kier alpha value is -2.21. The Morgan fingerprint density at radius 2 is 2.08 bits per heavy atom. The molecule has 0 aliphatic heterocycles. The molecule has 1 aliphatic rings. The second kappa shape index (κ2) is 7.19. The highest BCUT2D eigenvalue weighted by Crippen LogP contribution is 2.35. The van der Waals surface area contributed by atoms with Crippen molar-refractivity contribution in [1.82, 2.24) is 9.38 Å². The number of hydrogen-bond donors (Lipinski definition) is 0. The second-order valence-corrected chi connectivity index (χ2v) is 7.87. The lowest BCUT2D eigenvalue weighted by Crippen LogP contribution is -2.15. The molecule has 2 aromatic heterocycles. The number of aromatic nitrogens is 2. The summed E-state index contributed by atoms with van der Waals surface area (Å²) in [6.07, 6.45) is 6.23. The van der Waals surface area contributed by atoms with E-state index in [2.05, 4.69) is 9.38 Å². The van der Waals surface area contributed by atoms with Gasteiger partial charge in [-0.05, 0) is 43.4 Å². The van der Waals surface area contributed by atoms with Crippen molar-refractivity contribution >= 4 is 32.5 Å². The molecule has 1 aromatic carbocycles. The van der Waals surface area contributed by atoms with Crippen molar-refractivity contribution in [3.05, 3.63) is 45.9 Å². The maximum atomic E-state index is 12.1. The minimum atomic E-state index is -0.219. The highest BCUT2D eigenvalue weighted by molar-refractivity contribution is 7.23. The van der Waals surface area contributed by atoms with Gasteiger partial charge in [0.1, 0.15) is 0 Å². The van der Waals surface area contributed by atoms with Crippen LogP contribution in [0, 0.1) is 0 Å². The Bertz CT molecular complexity index is 1010. The zero-order valence-electron chi connectivity index (χ0n) is 14.9. The molecule has 4 rings (SSSR count). The first-order chi connectivity index (χ1) is 12.7. The maximum Gasteiger partial charge on any atom is 0.310 e. The third kappa shape index (κ3) is 3.26. The topological polar surface area (TPSA) is 60.7 Å². The number of rotatable bonds is 4. The summed E-state index contributed by atoms with van der Waals surface area (Å²) in [5.74, 6) is 0.201. The minimum Gasteiger partial charge on any atom is -0.466 e. The third-order valence-corrected chi connectivity index (χ3v) is 6.07. The summed E-state index contributed by atoms with van der Waals surface area (Å²) >= 11 is 1.51. The zero-order chi connectivity index (χ0) is 18.1. The van der Waals surface area contributed by atoms with Crippen LogP contribution in [0.2, 0.25) is 0 Å². The molecule has 136 valence electrons. The molecule has 0 amide bonds. The number of fused-ring (bicyclic) bond motifs is 3. The molecule has 0 radical (unpaired) electrons. The van der Waals surface area contributed by atoms with E-state index in [-0.39, 0.29) is 17.9 Å². The van der Waals surface area contributed by atoms with Crippen LogP contribution >= 0.6 is 11.3 Å². The largest absolute Gasteiger partial charge is 0.466 e. The summed E-state index contributed by atoms with van der Waals surface area (Å²) in [6, 6.07) is 7.72. The van der Waals surface area contributed by atoms with Crippen LogP contribution in [0.3, 0.4) is 0 Å². The van der Waals surface area contributed by atoms with Gasteiger partial charge in [0.25, 0.3) is 5.56 Å². The van der Waals surface area contributed by atoms with Crippen LogP contribution in [0.4, 0.5) is 0 Å². The van der Waals surface area contributed by atoms with E-state index in [0.29, 0.717) is 12.5 Å². The Morgan fingerprint density at radius 3 is 2.85 bits per heavy atom. The quantitative estimate of drug-likeness (QED) is 0.650. The van der Waals surface area contributed by atoms with E-state index in [0.717, 1.165) is 39.3 Å². The lowest BCUT2D eigenvalue weighted by molar-refractivity contribution is -0.142. The molecule has 0 saturated heterocycles. The molecule has 0 unspecified atom stereocenters. The van der Waals surface area contributed by atoms with Crippen molar-refractivity contribution in [1.29, 1.82) is 0 Å². The highest BCUT2D eigenvalue weighted by atomic mass is 32.1. The van der Waals surface area contributed by atoms with Gasteiger partial charge in [-0.3, -0.25) is 14.0 Å². The van der Waals surface area contributed by atoms with E-state index in [4.69, 9.17) is 4.74 Å². The van der Waals surface area contributed by atoms with Crippen LogP contribution < -0.4 is 5.56 Å². The fourth-order valence-corrected chi connectivity index (χ4v) is 5.00. The Labute approximate surface area is 155 Å². The van der Waals surface area contributed by atoms with E-state index < -0.39 is 0 Å². The van der Waals surface area contributed by atoms with Gasteiger partial charge in [0.2, 0.25) is 0 Å². The Morgan fingerprint density at radius 1 is 1.27 bits per heavy atom. The number of nitrogens with zero attached hydrogens (tertiary/aromatic N) is 2. The Kier molecular flexibility index (Phi) is 4.76.